The van der Waals surface area contributed by atoms with Crippen LogP contribution in [0.1, 0.15) is 43.8 Å². The average molecular weight is 217 g/mol. The number of nitrogens with two attached hydrogens (primary N) is 1. The molecule has 0 atom stereocenters. The van der Waals surface area contributed by atoms with Gasteiger partial charge in [0.2, 0.25) is 0 Å². The predicted octanol–water partition coefficient (Wildman–Crippen LogP) is 1.75. The van der Waals surface area contributed by atoms with Gasteiger partial charge in [-0.15, -0.1) is 10.2 Å². The van der Waals surface area contributed by atoms with Crippen LogP contribution in [0.4, 0.5) is 5.69 Å². The van der Waals surface area contributed by atoms with E-state index in [0.29, 0.717) is 11.6 Å². The number of nitrogen functional groups attached to an aromatic ring is 1. The van der Waals surface area contributed by atoms with Crippen LogP contribution in [0.3, 0.4) is 0 Å². The first kappa shape index (κ1) is 9.57. The van der Waals surface area contributed by atoms with E-state index < -0.39 is 0 Å². The first-order valence-electron chi connectivity index (χ1n) is 5.80. The van der Waals surface area contributed by atoms with Gasteiger partial charge in [0.1, 0.15) is 12.2 Å². The molecule has 0 saturated heterocycles. The lowest BCUT2D eigenvalue weighted by atomic mass is 9.89. The van der Waals surface area contributed by atoms with Crippen molar-refractivity contribution in [2.45, 2.75) is 38.0 Å². The molecule has 2 aromatic rings. The van der Waals surface area contributed by atoms with Crippen LogP contribution in [-0.4, -0.2) is 19.6 Å². The van der Waals surface area contributed by atoms with Crippen LogP contribution in [0, 0.1) is 0 Å². The Bertz CT molecular complexity index is 498. The summed E-state index contributed by atoms with van der Waals surface area (Å²) in [4.78, 5) is 4.10. The molecule has 1 saturated carbocycles. The van der Waals surface area contributed by atoms with Gasteiger partial charge in [-0.05, 0) is 12.8 Å². The van der Waals surface area contributed by atoms with Crippen LogP contribution >= 0.6 is 0 Å². The van der Waals surface area contributed by atoms with Gasteiger partial charge in [0.25, 0.3) is 0 Å². The van der Waals surface area contributed by atoms with E-state index in [4.69, 9.17) is 5.73 Å². The summed E-state index contributed by atoms with van der Waals surface area (Å²) in [5.74, 6) is 1.54. The van der Waals surface area contributed by atoms with Gasteiger partial charge in [-0.3, -0.25) is 4.40 Å². The van der Waals surface area contributed by atoms with E-state index in [1.54, 1.807) is 12.5 Å². The van der Waals surface area contributed by atoms with Crippen LogP contribution < -0.4 is 5.73 Å². The van der Waals surface area contributed by atoms with Gasteiger partial charge in [-0.1, -0.05) is 19.3 Å². The molecule has 0 spiro atoms. The molecule has 84 valence electrons. The predicted molar refractivity (Wildman–Crippen MR) is 61.0 cm³/mol. The fraction of sp³-hybridized carbons (Fsp3) is 0.545. The maximum atomic E-state index is 5.81. The van der Waals surface area contributed by atoms with Crippen LogP contribution in [0.2, 0.25) is 0 Å². The first-order chi connectivity index (χ1) is 7.86. The summed E-state index contributed by atoms with van der Waals surface area (Å²) in [6.07, 6.45) is 9.70. The summed E-state index contributed by atoms with van der Waals surface area (Å²) in [5.41, 5.74) is 7.14. The highest BCUT2D eigenvalue weighted by Crippen LogP contribution is 2.31. The maximum absolute atomic E-state index is 5.81. The lowest BCUT2D eigenvalue weighted by Gasteiger charge is -2.19. The van der Waals surface area contributed by atoms with E-state index in [1.165, 1.54) is 32.1 Å². The van der Waals surface area contributed by atoms with Gasteiger partial charge in [-0.2, -0.15) is 0 Å². The average Bonchev–Trinajstić information content (AvgIpc) is 2.75. The Morgan fingerprint density at radius 3 is 2.81 bits per heavy atom. The van der Waals surface area contributed by atoms with E-state index in [0.717, 1.165) is 11.5 Å². The van der Waals surface area contributed by atoms with Gasteiger partial charge >= 0.3 is 0 Å². The largest absolute Gasteiger partial charge is 0.394 e. The molecule has 5 heteroatoms. The molecule has 1 aliphatic carbocycles. The second-order valence-electron chi connectivity index (χ2n) is 4.44. The monoisotopic (exact) mass is 217 g/mol. The van der Waals surface area contributed by atoms with Crippen molar-refractivity contribution in [3.8, 4) is 0 Å². The molecule has 3 rings (SSSR count). The Labute approximate surface area is 93.7 Å². The molecule has 16 heavy (non-hydrogen) atoms. The number of nitrogens with zero attached hydrogens (tertiary/aromatic N) is 4. The molecular weight excluding hydrogens is 202 g/mol. The van der Waals surface area contributed by atoms with E-state index in [2.05, 4.69) is 15.2 Å². The van der Waals surface area contributed by atoms with E-state index in [9.17, 15) is 0 Å². The van der Waals surface area contributed by atoms with Gasteiger partial charge in [0.05, 0.1) is 11.9 Å². The van der Waals surface area contributed by atoms with Crippen molar-refractivity contribution >= 4 is 11.3 Å². The third-order valence-electron chi connectivity index (χ3n) is 3.35. The van der Waals surface area contributed by atoms with Crippen molar-refractivity contribution in [3.05, 3.63) is 18.3 Å². The number of anilines is 1. The Kier molecular flexibility index (Phi) is 2.23. The summed E-state index contributed by atoms with van der Waals surface area (Å²) in [7, 11) is 0. The van der Waals surface area contributed by atoms with Crippen molar-refractivity contribution in [1.29, 1.82) is 0 Å². The molecular formula is C11H15N5. The van der Waals surface area contributed by atoms with Gasteiger partial charge < -0.3 is 5.73 Å². The van der Waals surface area contributed by atoms with E-state index in [1.807, 2.05) is 4.40 Å². The molecule has 2 N–H and O–H groups in total. The van der Waals surface area contributed by atoms with E-state index >= 15 is 0 Å². The maximum Gasteiger partial charge on any atom is 0.186 e. The molecule has 2 aromatic heterocycles. The standard InChI is InChI=1S/C11H15N5/c12-9-6-13-7-16-10(14-15-11(9)16)8-4-2-1-3-5-8/h6-8H,1-5,12H2. The third kappa shape index (κ3) is 1.43. The highest BCUT2D eigenvalue weighted by atomic mass is 15.3. The summed E-state index contributed by atoms with van der Waals surface area (Å²) < 4.78 is 1.94. The summed E-state index contributed by atoms with van der Waals surface area (Å²) in [5, 5.41) is 8.41. The second-order valence-corrected chi connectivity index (χ2v) is 4.44. The fourth-order valence-corrected chi connectivity index (χ4v) is 2.49. The Balaban J connectivity index is 2.06. The number of fused-ring (bicyclic) bond motifs is 1. The van der Waals surface area contributed by atoms with Crippen LogP contribution in [0.25, 0.3) is 5.65 Å². The van der Waals surface area contributed by atoms with Gasteiger partial charge in [0, 0.05) is 5.92 Å². The quantitative estimate of drug-likeness (QED) is 0.790. The summed E-state index contributed by atoms with van der Waals surface area (Å²) in [6.45, 7) is 0. The normalized spacial score (nSPS) is 18.0. The van der Waals surface area contributed by atoms with Crippen LogP contribution in [-0.2, 0) is 0 Å². The highest BCUT2D eigenvalue weighted by molar-refractivity contribution is 5.62. The van der Waals surface area contributed by atoms with Gasteiger partial charge in [0.15, 0.2) is 5.65 Å². The minimum absolute atomic E-state index is 0.521. The molecule has 1 fully saturated rings. The van der Waals surface area contributed by atoms with Crippen LogP contribution in [0.15, 0.2) is 12.5 Å². The topological polar surface area (TPSA) is 69.1 Å². The van der Waals surface area contributed by atoms with Crippen LogP contribution in [0.5, 0.6) is 0 Å². The van der Waals surface area contributed by atoms with Crippen molar-refractivity contribution in [1.82, 2.24) is 19.6 Å². The zero-order valence-corrected chi connectivity index (χ0v) is 9.13. The van der Waals surface area contributed by atoms with Gasteiger partial charge in [-0.25, -0.2) is 4.98 Å². The Hall–Kier alpha value is -1.65. The summed E-state index contributed by atoms with van der Waals surface area (Å²) in [6, 6.07) is 0. The molecule has 0 aliphatic heterocycles. The smallest absolute Gasteiger partial charge is 0.186 e. The molecule has 0 unspecified atom stereocenters. The zero-order valence-electron chi connectivity index (χ0n) is 9.13. The lowest BCUT2D eigenvalue weighted by Crippen LogP contribution is -2.09. The van der Waals surface area contributed by atoms with Crippen molar-refractivity contribution in [3.63, 3.8) is 0 Å². The third-order valence-corrected chi connectivity index (χ3v) is 3.35. The minimum Gasteiger partial charge on any atom is -0.394 e. The number of hydrogen-bond donors (Lipinski definition) is 1. The minimum atomic E-state index is 0.521. The first-order valence-corrected chi connectivity index (χ1v) is 5.80. The van der Waals surface area contributed by atoms with Crippen molar-refractivity contribution < 1.29 is 0 Å². The Morgan fingerprint density at radius 1 is 1.19 bits per heavy atom. The van der Waals surface area contributed by atoms with Crippen molar-refractivity contribution in [2.75, 3.05) is 5.73 Å². The molecule has 0 amide bonds. The zero-order chi connectivity index (χ0) is 11.0. The lowest BCUT2D eigenvalue weighted by molar-refractivity contribution is 0.426. The highest BCUT2D eigenvalue weighted by Gasteiger charge is 2.21. The summed E-state index contributed by atoms with van der Waals surface area (Å²) >= 11 is 0. The second kappa shape index (κ2) is 3.73. The fourth-order valence-electron chi connectivity index (χ4n) is 2.49. The van der Waals surface area contributed by atoms with E-state index in [-0.39, 0.29) is 0 Å². The molecule has 0 radical (unpaired) electrons. The Morgan fingerprint density at radius 2 is 2.00 bits per heavy atom. The molecule has 5 nitrogen and oxygen atoms in total. The SMILES string of the molecule is Nc1cncn2c(C3CCCCC3)nnc12. The van der Waals surface area contributed by atoms with Crippen molar-refractivity contribution in [2.24, 2.45) is 0 Å². The molecule has 0 aromatic carbocycles. The molecule has 2 heterocycles. The number of aromatic nitrogens is 4. The molecule has 0 bridgehead atoms. The number of hydrogen-bond acceptors (Lipinski definition) is 4. The molecule has 1 aliphatic rings. The number of rotatable bonds is 1.